The van der Waals surface area contributed by atoms with E-state index >= 15 is 0 Å². The first-order chi connectivity index (χ1) is 11.6. The number of nitrogens with zero attached hydrogens (tertiary/aromatic N) is 1. The summed E-state index contributed by atoms with van der Waals surface area (Å²) in [5.41, 5.74) is 2.83. The van der Waals surface area contributed by atoms with Gasteiger partial charge in [-0.1, -0.05) is 37.4 Å². The minimum absolute atomic E-state index is 0.430. The first-order valence-electron chi connectivity index (χ1n) is 7.70. The molecule has 24 heavy (non-hydrogen) atoms. The third-order valence-electron chi connectivity index (χ3n) is 3.50. The Kier molecular flexibility index (Phi) is 4.96. The minimum Gasteiger partial charge on any atom is -0.490 e. The number of fused-ring (bicyclic) bond motifs is 1. The highest BCUT2D eigenvalue weighted by Gasteiger charge is 2.11. The van der Waals surface area contributed by atoms with E-state index in [0.29, 0.717) is 19.0 Å². The lowest BCUT2D eigenvalue weighted by Gasteiger charge is -2.12. The zero-order chi connectivity index (χ0) is 16.9. The molecular formula is C20H19NO2S. The molecule has 3 nitrogen and oxygen atoms in total. The van der Waals surface area contributed by atoms with E-state index in [1.165, 1.54) is 4.70 Å². The summed E-state index contributed by atoms with van der Waals surface area (Å²) < 4.78 is 12.5. The molecule has 1 heterocycles. The van der Waals surface area contributed by atoms with Crippen LogP contribution < -0.4 is 4.74 Å². The van der Waals surface area contributed by atoms with Gasteiger partial charge in [-0.15, -0.1) is 11.3 Å². The molecule has 3 aromatic rings. The van der Waals surface area contributed by atoms with Gasteiger partial charge in [0.1, 0.15) is 29.7 Å². The molecule has 4 heteroatoms. The van der Waals surface area contributed by atoms with Gasteiger partial charge in [-0.2, -0.15) is 0 Å². The first-order valence-corrected chi connectivity index (χ1v) is 8.52. The van der Waals surface area contributed by atoms with E-state index in [9.17, 15) is 0 Å². The van der Waals surface area contributed by atoms with E-state index in [0.717, 1.165) is 27.4 Å². The number of hydrogen-bond acceptors (Lipinski definition) is 4. The SMILES string of the molecule is C=C(C)C(=C)OCCOc1ccccc1-c1nc2ccccc2s1. The molecule has 2 aromatic carbocycles. The van der Waals surface area contributed by atoms with Gasteiger partial charge in [0.2, 0.25) is 0 Å². The van der Waals surface area contributed by atoms with Crippen molar-refractivity contribution in [2.45, 2.75) is 6.92 Å². The summed E-state index contributed by atoms with van der Waals surface area (Å²) >= 11 is 1.66. The Labute approximate surface area is 145 Å². The third-order valence-corrected chi connectivity index (χ3v) is 4.57. The molecule has 0 atom stereocenters. The van der Waals surface area contributed by atoms with Crippen LogP contribution in [0.4, 0.5) is 0 Å². The summed E-state index contributed by atoms with van der Waals surface area (Å²) in [6.07, 6.45) is 0. The number of rotatable bonds is 7. The monoisotopic (exact) mass is 337 g/mol. The topological polar surface area (TPSA) is 31.4 Å². The predicted molar refractivity (Wildman–Crippen MR) is 100 cm³/mol. The van der Waals surface area contributed by atoms with E-state index in [1.54, 1.807) is 11.3 Å². The Bertz CT molecular complexity index is 849. The van der Waals surface area contributed by atoms with Gasteiger partial charge in [0.15, 0.2) is 0 Å². The third kappa shape index (κ3) is 3.66. The summed E-state index contributed by atoms with van der Waals surface area (Å²) in [4.78, 5) is 4.70. The van der Waals surface area contributed by atoms with Crippen molar-refractivity contribution < 1.29 is 9.47 Å². The lowest BCUT2D eigenvalue weighted by atomic mass is 10.2. The normalized spacial score (nSPS) is 10.5. The van der Waals surface area contributed by atoms with Crippen LogP contribution in [0.3, 0.4) is 0 Å². The van der Waals surface area contributed by atoms with Crippen molar-refractivity contribution in [3.63, 3.8) is 0 Å². The van der Waals surface area contributed by atoms with Crippen LogP contribution in [0.25, 0.3) is 20.8 Å². The van der Waals surface area contributed by atoms with Gasteiger partial charge in [0.25, 0.3) is 0 Å². The van der Waals surface area contributed by atoms with Crippen molar-refractivity contribution in [1.29, 1.82) is 0 Å². The zero-order valence-corrected chi connectivity index (χ0v) is 14.4. The van der Waals surface area contributed by atoms with Crippen molar-refractivity contribution in [2.75, 3.05) is 13.2 Å². The fourth-order valence-electron chi connectivity index (χ4n) is 2.20. The second-order valence-corrected chi connectivity index (χ2v) is 6.41. The van der Waals surface area contributed by atoms with Crippen LogP contribution in [0.5, 0.6) is 5.75 Å². The summed E-state index contributed by atoms with van der Waals surface area (Å²) in [7, 11) is 0. The molecule has 0 aliphatic rings. The Morgan fingerprint density at radius 2 is 1.79 bits per heavy atom. The van der Waals surface area contributed by atoms with Crippen LogP contribution >= 0.6 is 11.3 Å². The summed E-state index contributed by atoms with van der Waals surface area (Å²) in [6, 6.07) is 16.1. The highest BCUT2D eigenvalue weighted by atomic mass is 32.1. The van der Waals surface area contributed by atoms with Crippen LogP contribution in [0.15, 0.2) is 73.0 Å². The average molecular weight is 337 g/mol. The highest BCUT2D eigenvalue weighted by molar-refractivity contribution is 7.21. The maximum absolute atomic E-state index is 5.89. The quantitative estimate of drug-likeness (QED) is 0.326. The number of allylic oxidation sites excluding steroid dienone is 1. The van der Waals surface area contributed by atoms with E-state index in [-0.39, 0.29) is 0 Å². The van der Waals surface area contributed by atoms with Gasteiger partial charge in [0.05, 0.1) is 15.8 Å². The predicted octanol–water partition coefficient (Wildman–Crippen LogP) is 5.45. The average Bonchev–Trinajstić information content (AvgIpc) is 3.02. The fraction of sp³-hybridized carbons (Fsp3) is 0.150. The molecule has 0 aliphatic carbocycles. The lowest BCUT2D eigenvalue weighted by Crippen LogP contribution is -2.07. The Morgan fingerprint density at radius 1 is 1.04 bits per heavy atom. The zero-order valence-electron chi connectivity index (χ0n) is 13.6. The second kappa shape index (κ2) is 7.32. The molecule has 122 valence electrons. The molecule has 0 N–H and O–H groups in total. The lowest BCUT2D eigenvalue weighted by molar-refractivity contribution is 0.162. The first kappa shape index (κ1) is 16.3. The molecular weight excluding hydrogens is 318 g/mol. The van der Waals surface area contributed by atoms with Gasteiger partial charge in [-0.25, -0.2) is 4.98 Å². The highest BCUT2D eigenvalue weighted by Crippen LogP contribution is 2.35. The van der Waals surface area contributed by atoms with E-state index in [4.69, 9.17) is 14.5 Å². The molecule has 3 rings (SSSR count). The molecule has 0 bridgehead atoms. The number of thiazole rings is 1. The summed E-state index contributed by atoms with van der Waals surface area (Å²) in [6.45, 7) is 10.3. The van der Waals surface area contributed by atoms with Crippen molar-refractivity contribution in [3.05, 3.63) is 73.0 Å². The molecule has 0 saturated heterocycles. The van der Waals surface area contributed by atoms with Crippen LogP contribution in [-0.4, -0.2) is 18.2 Å². The molecule has 0 saturated carbocycles. The van der Waals surface area contributed by atoms with E-state index in [2.05, 4.69) is 19.2 Å². The number of aromatic nitrogens is 1. The van der Waals surface area contributed by atoms with Crippen molar-refractivity contribution in [3.8, 4) is 16.3 Å². The van der Waals surface area contributed by atoms with Gasteiger partial charge >= 0.3 is 0 Å². The number of para-hydroxylation sites is 2. The van der Waals surface area contributed by atoms with Crippen LogP contribution in [-0.2, 0) is 4.74 Å². The van der Waals surface area contributed by atoms with Crippen LogP contribution in [0.1, 0.15) is 6.92 Å². The second-order valence-electron chi connectivity index (χ2n) is 5.38. The maximum Gasteiger partial charge on any atom is 0.129 e. The van der Waals surface area contributed by atoms with Crippen molar-refractivity contribution >= 4 is 21.6 Å². The van der Waals surface area contributed by atoms with Gasteiger partial charge < -0.3 is 9.47 Å². The Morgan fingerprint density at radius 3 is 2.58 bits per heavy atom. The largest absolute Gasteiger partial charge is 0.490 e. The molecule has 0 amide bonds. The standard InChI is InChI=1S/C20H19NO2S/c1-14(2)15(3)22-12-13-23-18-10-6-4-8-16(18)20-21-17-9-5-7-11-19(17)24-20/h4-11H,1,3,12-13H2,2H3. The Hall–Kier alpha value is -2.59. The van der Waals surface area contributed by atoms with Crippen LogP contribution in [0.2, 0.25) is 0 Å². The summed E-state index contributed by atoms with van der Waals surface area (Å²) in [5.74, 6) is 1.40. The minimum atomic E-state index is 0.430. The smallest absolute Gasteiger partial charge is 0.129 e. The molecule has 0 aliphatic heterocycles. The fourth-order valence-corrected chi connectivity index (χ4v) is 3.19. The number of ether oxygens (including phenoxy) is 2. The maximum atomic E-state index is 5.89. The Balaban J connectivity index is 1.73. The molecule has 0 radical (unpaired) electrons. The van der Waals surface area contributed by atoms with Crippen molar-refractivity contribution in [1.82, 2.24) is 4.98 Å². The van der Waals surface area contributed by atoms with E-state index < -0.39 is 0 Å². The number of benzene rings is 2. The molecule has 0 spiro atoms. The van der Waals surface area contributed by atoms with Gasteiger partial charge in [-0.05, 0) is 36.8 Å². The van der Waals surface area contributed by atoms with Crippen LogP contribution in [0, 0.1) is 0 Å². The van der Waals surface area contributed by atoms with Gasteiger partial charge in [-0.3, -0.25) is 0 Å². The molecule has 1 aromatic heterocycles. The van der Waals surface area contributed by atoms with E-state index in [1.807, 2.05) is 49.4 Å². The number of hydrogen-bond donors (Lipinski definition) is 0. The van der Waals surface area contributed by atoms with Crippen molar-refractivity contribution in [2.24, 2.45) is 0 Å². The summed E-state index contributed by atoms with van der Waals surface area (Å²) in [5, 5.41) is 0.957. The van der Waals surface area contributed by atoms with Gasteiger partial charge in [0, 0.05) is 0 Å². The molecule has 0 unspecified atom stereocenters. The molecule has 0 fully saturated rings.